The maximum Gasteiger partial charge on any atom is 0.227 e. The third-order valence-corrected chi connectivity index (χ3v) is 2.84. The van der Waals surface area contributed by atoms with E-state index in [2.05, 4.69) is 10.6 Å². The Labute approximate surface area is 101 Å². The largest absolute Gasteiger partial charge is 0.375 e. The Hall–Kier alpha value is -1.39. The van der Waals surface area contributed by atoms with E-state index in [1.54, 1.807) is 0 Å². The lowest BCUT2D eigenvalue weighted by atomic mass is 10.1. The quantitative estimate of drug-likeness (QED) is 0.829. The van der Waals surface area contributed by atoms with Crippen molar-refractivity contribution in [3.05, 3.63) is 29.8 Å². The van der Waals surface area contributed by atoms with E-state index in [1.807, 2.05) is 31.2 Å². The van der Waals surface area contributed by atoms with Crippen LogP contribution in [-0.4, -0.2) is 31.7 Å². The van der Waals surface area contributed by atoms with Gasteiger partial charge in [0.15, 0.2) is 0 Å². The van der Waals surface area contributed by atoms with E-state index in [4.69, 9.17) is 4.74 Å². The fourth-order valence-corrected chi connectivity index (χ4v) is 1.87. The maximum absolute atomic E-state index is 11.8. The molecule has 1 saturated heterocycles. The monoisotopic (exact) mass is 234 g/mol. The lowest BCUT2D eigenvalue weighted by molar-refractivity contribution is -0.119. The summed E-state index contributed by atoms with van der Waals surface area (Å²) in [5, 5.41) is 6.12. The van der Waals surface area contributed by atoms with Gasteiger partial charge in [-0.3, -0.25) is 4.79 Å². The molecule has 1 amide bonds. The summed E-state index contributed by atoms with van der Waals surface area (Å²) in [6.45, 7) is 4.29. The molecule has 17 heavy (non-hydrogen) atoms. The van der Waals surface area contributed by atoms with Gasteiger partial charge in [-0.1, -0.05) is 18.2 Å². The van der Waals surface area contributed by atoms with E-state index >= 15 is 0 Å². The standard InChI is InChI=1S/C13H18N2O2/c1-10-4-2-3-5-12(10)15-13(16)8-11-9-14-6-7-17-11/h2-5,11,14H,6-9H2,1H3,(H,15,16). The molecule has 92 valence electrons. The van der Waals surface area contributed by atoms with Crippen LogP contribution in [0.3, 0.4) is 0 Å². The number of rotatable bonds is 3. The predicted molar refractivity (Wildman–Crippen MR) is 67.0 cm³/mol. The molecule has 4 nitrogen and oxygen atoms in total. The highest BCUT2D eigenvalue weighted by molar-refractivity contribution is 5.91. The summed E-state index contributed by atoms with van der Waals surface area (Å²) in [6, 6.07) is 7.77. The van der Waals surface area contributed by atoms with Crippen molar-refractivity contribution in [3.8, 4) is 0 Å². The summed E-state index contributed by atoms with van der Waals surface area (Å²) in [5.74, 6) is 0.00741. The Bertz CT molecular complexity index is 387. The van der Waals surface area contributed by atoms with E-state index in [9.17, 15) is 4.79 Å². The van der Waals surface area contributed by atoms with Gasteiger partial charge in [-0.15, -0.1) is 0 Å². The van der Waals surface area contributed by atoms with Crippen molar-refractivity contribution in [2.75, 3.05) is 25.0 Å². The molecule has 1 unspecified atom stereocenters. The summed E-state index contributed by atoms with van der Waals surface area (Å²) in [6.07, 6.45) is 0.397. The minimum Gasteiger partial charge on any atom is -0.375 e. The van der Waals surface area contributed by atoms with Crippen molar-refractivity contribution >= 4 is 11.6 Å². The maximum atomic E-state index is 11.8. The second-order valence-corrected chi connectivity index (χ2v) is 4.26. The third kappa shape index (κ3) is 3.54. The van der Waals surface area contributed by atoms with Crippen LogP contribution in [0.1, 0.15) is 12.0 Å². The van der Waals surface area contributed by atoms with Crippen LogP contribution in [-0.2, 0) is 9.53 Å². The topological polar surface area (TPSA) is 50.4 Å². The Kier molecular flexibility index (Phi) is 4.12. The summed E-state index contributed by atoms with van der Waals surface area (Å²) >= 11 is 0. The van der Waals surface area contributed by atoms with Gasteiger partial charge in [0.1, 0.15) is 0 Å². The van der Waals surface area contributed by atoms with E-state index < -0.39 is 0 Å². The van der Waals surface area contributed by atoms with Crippen LogP contribution in [0.4, 0.5) is 5.69 Å². The Morgan fingerprint density at radius 3 is 3.06 bits per heavy atom. The molecular weight excluding hydrogens is 216 g/mol. The summed E-state index contributed by atoms with van der Waals surface area (Å²) in [5.41, 5.74) is 1.95. The van der Waals surface area contributed by atoms with Crippen molar-refractivity contribution in [2.24, 2.45) is 0 Å². The van der Waals surface area contributed by atoms with Gasteiger partial charge in [-0.25, -0.2) is 0 Å². The first-order chi connectivity index (χ1) is 8.25. The lowest BCUT2D eigenvalue weighted by Gasteiger charge is -2.23. The first-order valence-electron chi connectivity index (χ1n) is 5.93. The smallest absolute Gasteiger partial charge is 0.227 e. The second kappa shape index (κ2) is 5.80. The average molecular weight is 234 g/mol. The molecule has 1 heterocycles. The minimum atomic E-state index is -0.00670. The van der Waals surface area contributed by atoms with Crippen LogP contribution in [0.2, 0.25) is 0 Å². The SMILES string of the molecule is Cc1ccccc1NC(=O)CC1CNCCO1. The van der Waals surface area contributed by atoms with E-state index in [1.165, 1.54) is 0 Å². The molecule has 2 rings (SSSR count). The van der Waals surface area contributed by atoms with Gasteiger partial charge in [-0.2, -0.15) is 0 Å². The first-order valence-corrected chi connectivity index (χ1v) is 5.93. The number of ether oxygens (including phenoxy) is 1. The van der Waals surface area contributed by atoms with Crippen molar-refractivity contribution in [2.45, 2.75) is 19.4 Å². The number of morpholine rings is 1. The van der Waals surface area contributed by atoms with E-state index in [0.29, 0.717) is 13.0 Å². The van der Waals surface area contributed by atoms with Crippen LogP contribution in [0, 0.1) is 6.92 Å². The molecule has 0 bridgehead atoms. The van der Waals surface area contributed by atoms with E-state index in [0.717, 1.165) is 24.3 Å². The Morgan fingerprint density at radius 1 is 1.53 bits per heavy atom. The molecule has 0 radical (unpaired) electrons. The molecule has 1 aromatic rings. The number of anilines is 1. The van der Waals surface area contributed by atoms with Crippen LogP contribution in [0.15, 0.2) is 24.3 Å². The van der Waals surface area contributed by atoms with Crippen LogP contribution < -0.4 is 10.6 Å². The number of aryl methyl sites for hydroxylation is 1. The molecule has 2 N–H and O–H groups in total. The van der Waals surface area contributed by atoms with Crippen molar-refractivity contribution < 1.29 is 9.53 Å². The number of benzene rings is 1. The van der Waals surface area contributed by atoms with E-state index in [-0.39, 0.29) is 12.0 Å². The predicted octanol–water partition coefficient (Wildman–Crippen LogP) is 1.31. The molecule has 0 aliphatic carbocycles. The van der Waals surface area contributed by atoms with Gasteiger partial charge in [0.2, 0.25) is 5.91 Å². The number of carbonyl (C=O) groups excluding carboxylic acids is 1. The molecule has 0 spiro atoms. The molecule has 1 atom stereocenters. The third-order valence-electron chi connectivity index (χ3n) is 2.84. The molecule has 4 heteroatoms. The molecule has 0 saturated carbocycles. The highest BCUT2D eigenvalue weighted by Gasteiger charge is 2.17. The molecule has 0 aromatic heterocycles. The number of hydrogen-bond donors (Lipinski definition) is 2. The zero-order valence-electron chi connectivity index (χ0n) is 10.0. The second-order valence-electron chi connectivity index (χ2n) is 4.26. The highest BCUT2D eigenvalue weighted by Crippen LogP contribution is 2.14. The van der Waals surface area contributed by atoms with Crippen molar-refractivity contribution in [3.63, 3.8) is 0 Å². The van der Waals surface area contributed by atoms with Crippen LogP contribution >= 0.6 is 0 Å². The minimum absolute atomic E-state index is 0.00670. The summed E-state index contributed by atoms with van der Waals surface area (Å²) in [7, 11) is 0. The first kappa shape index (κ1) is 12.1. The summed E-state index contributed by atoms with van der Waals surface area (Å²) in [4.78, 5) is 11.8. The number of carbonyl (C=O) groups is 1. The van der Waals surface area contributed by atoms with Gasteiger partial charge in [0, 0.05) is 18.8 Å². The Morgan fingerprint density at radius 2 is 2.35 bits per heavy atom. The summed E-state index contributed by atoms with van der Waals surface area (Å²) < 4.78 is 5.49. The van der Waals surface area contributed by atoms with Gasteiger partial charge >= 0.3 is 0 Å². The number of nitrogens with one attached hydrogen (secondary N) is 2. The molecular formula is C13H18N2O2. The van der Waals surface area contributed by atoms with Crippen LogP contribution in [0.5, 0.6) is 0 Å². The van der Waals surface area contributed by atoms with Gasteiger partial charge in [-0.05, 0) is 18.6 Å². The highest BCUT2D eigenvalue weighted by atomic mass is 16.5. The lowest BCUT2D eigenvalue weighted by Crippen LogP contribution is -2.40. The average Bonchev–Trinajstić information content (AvgIpc) is 2.33. The van der Waals surface area contributed by atoms with Crippen LogP contribution in [0.25, 0.3) is 0 Å². The number of amides is 1. The number of hydrogen-bond acceptors (Lipinski definition) is 3. The van der Waals surface area contributed by atoms with Crippen molar-refractivity contribution in [1.29, 1.82) is 0 Å². The molecule has 1 fully saturated rings. The number of para-hydroxylation sites is 1. The molecule has 1 aliphatic rings. The molecule has 1 aromatic carbocycles. The normalized spacial score (nSPS) is 19.9. The molecule has 1 aliphatic heterocycles. The fraction of sp³-hybridized carbons (Fsp3) is 0.462. The Balaban J connectivity index is 1.86. The van der Waals surface area contributed by atoms with Gasteiger partial charge in [0.25, 0.3) is 0 Å². The van der Waals surface area contributed by atoms with Gasteiger partial charge in [0.05, 0.1) is 19.1 Å². The van der Waals surface area contributed by atoms with Crippen molar-refractivity contribution in [1.82, 2.24) is 5.32 Å². The zero-order chi connectivity index (χ0) is 12.1. The van der Waals surface area contributed by atoms with Gasteiger partial charge < -0.3 is 15.4 Å². The zero-order valence-corrected chi connectivity index (χ0v) is 10.0. The fourth-order valence-electron chi connectivity index (χ4n) is 1.87.